The number of halogens is 1. The molecule has 9 nitrogen and oxygen atoms in total. The van der Waals surface area contributed by atoms with Gasteiger partial charge in [0.2, 0.25) is 6.29 Å². The average Bonchev–Trinajstić information content (AvgIpc) is 2.61. The number of aryl methyl sites for hydroxylation is 1. The largest absolute Gasteiger partial charge is 0.431 e. The van der Waals surface area contributed by atoms with Crippen LogP contribution in [0.2, 0.25) is 0 Å². The SMILES string of the molecule is Cc1cn(C2OC(OC(=O)C(C)(C)N)C(C)(O)C2(C)F)c(=O)[nH]c1=O. The third-order valence-electron chi connectivity index (χ3n) is 4.30. The maximum Gasteiger partial charge on any atom is 0.330 e. The first-order valence-electron chi connectivity index (χ1n) is 7.58. The number of hydrogen-bond donors (Lipinski definition) is 3. The first kappa shape index (κ1) is 19.3. The molecule has 1 aromatic heterocycles. The maximum atomic E-state index is 15.3. The third-order valence-corrected chi connectivity index (χ3v) is 4.30. The number of rotatable bonds is 3. The van der Waals surface area contributed by atoms with Gasteiger partial charge in [-0.2, -0.15) is 0 Å². The van der Waals surface area contributed by atoms with Crippen LogP contribution in [0, 0.1) is 6.92 Å². The minimum absolute atomic E-state index is 0.141. The van der Waals surface area contributed by atoms with Crippen molar-refractivity contribution in [2.24, 2.45) is 5.73 Å². The van der Waals surface area contributed by atoms with Gasteiger partial charge in [0.25, 0.3) is 5.56 Å². The fraction of sp³-hybridized carbons (Fsp3) is 0.667. The number of nitrogens with one attached hydrogen (secondary N) is 1. The molecule has 1 aliphatic heterocycles. The van der Waals surface area contributed by atoms with Gasteiger partial charge < -0.3 is 20.3 Å². The fourth-order valence-electron chi connectivity index (χ4n) is 2.34. The van der Waals surface area contributed by atoms with Crippen molar-refractivity contribution in [1.82, 2.24) is 9.55 Å². The molecule has 0 amide bonds. The maximum absolute atomic E-state index is 15.3. The number of hydrogen-bond acceptors (Lipinski definition) is 7. The van der Waals surface area contributed by atoms with E-state index in [4.69, 9.17) is 15.2 Å². The van der Waals surface area contributed by atoms with Gasteiger partial charge in [0.15, 0.2) is 17.5 Å². The third kappa shape index (κ3) is 3.12. The number of esters is 1. The summed E-state index contributed by atoms with van der Waals surface area (Å²) in [6.45, 7) is 6.26. The van der Waals surface area contributed by atoms with Crippen LogP contribution in [0.1, 0.15) is 39.5 Å². The molecular formula is C15H22FN3O6. The standard InChI is InChI=1S/C15H22FN3O6/c1-7-6-19(12(22)18-8(7)20)9-14(4,16)15(5,23)11(24-9)25-10(21)13(2,3)17/h6,9,11,23H,17H2,1-5H3,(H,18,20,22). The van der Waals surface area contributed by atoms with Crippen molar-refractivity contribution in [2.45, 2.75) is 63.9 Å². The Bertz CT molecular complexity index is 805. The molecule has 0 spiro atoms. The number of H-pyrrole nitrogens is 1. The highest BCUT2D eigenvalue weighted by Crippen LogP contribution is 2.48. The lowest BCUT2D eigenvalue weighted by Crippen LogP contribution is -2.54. The second kappa shape index (κ2) is 5.75. The molecule has 0 saturated carbocycles. The summed E-state index contributed by atoms with van der Waals surface area (Å²) in [6.07, 6.45) is -2.23. The van der Waals surface area contributed by atoms with E-state index in [1.54, 1.807) is 0 Å². The number of carbonyl (C=O) groups is 1. The van der Waals surface area contributed by atoms with Gasteiger partial charge in [-0.1, -0.05) is 0 Å². The average molecular weight is 359 g/mol. The van der Waals surface area contributed by atoms with Crippen molar-refractivity contribution < 1.29 is 23.8 Å². The Balaban J connectivity index is 2.46. The molecular weight excluding hydrogens is 337 g/mol. The van der Waals surface area contributed by atoms with Gasteiger partial charge in [-0.05, 0) is 34.6 Å². The van der Waals surface area contributed by atoms with E-state index in [1.807, 2.05) is 4.98 Å². The van der Waals surface area contributed by atoms with Crippen LogP contribution in [0.3, 0.4) is 0 Å². The normalized spacial score (nSPS) is 32.6. The Morgan fingerprint density at radius 2 is 2.04 bits per heavy atom. The molecule has 1 aromatic rings. The molecule has 140 valence electrons. The molecule has 0 aliphatic carbocycles. The molecule has 2 rings (SSSR count). The molecule has 10 heteroatoms. The topological polar surface area (TPSA) is 137 Å². The molecule has 1 aliphatic rings. The number of ether oxygens (including phenoxy) is 2. The van der Waals surface area contributed by atoms with Crippen molar-refractivity contribution in [3.05, 3.63) is 32.6 Å². The second-order valence-electron chi connectivity index (χ2n) is 7.15. The molecule has 1 fully saturated rings. The number of aliphatic hydroxyl groups is 1. The number of nitrogens with zero attached hydrogens (tertiary/aromatic N) is 1. The number of carbonyl (C=O) groups excluding carboxylic acids is 1. The Morgan fingerprint density at radius 1 is 1.48 bits per heavy atom. The molecule has 0 aromatic carbocycles. The summed E-state index contributed by atoms with van der Waals surface area (Å²) in [5.41, 5.74) is -1.98. The molecule has 4 N–H and O–H groups in total. The Labute approximate surface area is 142 Å². The van der Waals surface area contributed by atoms with E-state index in [2.05, 4.69) is 0 Å². The summed E-state index contributed by atoms with van der Waals surface area (Å²) in [7, 11) is 0. The van der Waals surface area contributed by atoms with Crippen LogP contribution in [0.25, 0.3) is 0 Å². The summed E-state index contributed by atoms with van der Waals surface area (Å²) in [5, 5.41) is 10.5. The van der Waals surface area contributed by atoms with Crippen molar-refractivity contribution in [3.8, 4) is 0 Å². The van der Waals surface area contributed by atoms with E-state index in [9.17, 15) is 19.5 Å². The molecule has 1 saturated heterocycles. The highest BCUT2D eigenvalue weighted by atomic mass is 19.1. The molecule has 0 bridgehead atoms. The van der Waals surface area contributed by atoms with E-state index in [-0.39, 0.29) is 5.56 Å². The van der Waals surface area contributed by atoms with Crippen molar-refractivity contribution in [1.29, 1.82) is 0 Å². The predicted molar refractivity (Wildman–Crippen MR) is 84.5 cm³/mol. The van der Waals surface area contributed by atoms with Crippen molar-refractivity contribution in [2.75, 3.05) is 0 Å². The monoisotopic (exact) mass is 359 g/mol. The lowest BCUT2D eigenvalue weighted by molar-refractivity contribution is -0.214. The van der Waals surface area contributed by atoms with Crippen LogP contribution >= 0.6 is 0 Å². The van der Waals surface area contributed by atoms with Crippen LogP contribution in [0.15, 0.2) is 15.8 Å². The van der Waals surface area contributed by atoms with Gasteiger partial charge >= 0.3 is 11.7 Å². The minimum atomic E-state index is -2.52. The smallest absolute Gasteiger partial charge is 0.330 e. The first-order chi connectivity index (χ1) is 11.2. The van der Waals surface area contributed by atoms with Crippen molar-refractivity contribution >= 4 is 5.97 Å². The predicted octanol–water partition coefficient (Wildman–Crippen LogP) is -0.540. The zero-order valence-corrected chi connectivity index (χ0v) is 14.6. The Hall–Kier alpha value is -2.04. The van der Waals surface area contributed by atoms with Gasteiger partial charge in [0.1, 0.15) is 5.54 Å². The molecule has 4 atom stereocenters. The van der Waals surface area contributed by atoms with Gasteiger partial charge in [-0.15, -0.1) is 0 Å². The van der Waals surface area contributed by atoms with Gasteiger partial charge in [-0.3, -0.25) is 14.3 Å². The quantitative estimate of drug-likeness (QED) is 0.616. The highest BCUT2D eigenvalue weighted by molar-refractivity contribution is 5.79. The lowest BCUT2D eigenvalue weighted by atomic mass is 9.88. The molecule has 25 heavy (non-hydrogen) atoms. The van der Waals surface area contributed by atoms with Gasteiger partial charge in [0, 0.05) is 11.8 Å². The fourth-order valence-corrected chi connectivity index (χ4v) is 2.34. The van der Waals surface area contributed by atoms with Gasteiger partial charge in [0.05, 0.1) is 0 Å². The van der Waals surface area contributed by atoms with E-state index < -0.39 is 46.5 Å². The zero-order chi connectivity index (χ0) is 19.4. The molecule has 0 radical (unpaired) electrons. The summed E-state index contributed by atoms with van der Waals surface area (Å²) < 4.78 is 26.4. The first-order valence-corrected chi connectivity index (χ1v) is 7.58. The summed E-state index contributed by atoms with van der Waals surface area (Å²) in [5.74, 6) is -0.917. The van der Waals surface area contributed by atoms with Crippen LogP contribution < -0.4 is 17.0 Å². The number of nitrogens with two attached hydrogens (primary N) is 1. The molecule has 2 heterocycles. The van der Waals surface area contributed by atoms with Crippen LogP contribution in [0.4, 0.5) is 4.39 Å². The Morgan fingerprint density at radius 3 is 2.56 bits per heavy atom. The molecule has 4 unspecified atom stereocenters. The van der Waals surface area contributed by atoms with E-state index >= 15 is 4.39 Å². The second-order valence-corrected chi connectivity index (χ2v) is 7.15. The summed E-state index contributed by atoms with van der Waals surface area (Å²) in [6, 6.07) is 0. The van der Waals surface area contributed by atoms with Crippen LogP contribution in [-0.4, -0.2) is 43.7 Å². The van der Waals surface area contributed by atoms with Crippen molar-refractivity contribution in [3.63, 3.8) is 0 Å². The van der Waals surface area contributed by atoms with Crippen LogP contribution in [-0.2, 0) is 14.3 Å². The van der Waals surface area contributed by atoms with Crippen LogP contribution in [0.5, 0.6) is 0 Å². The minimum Gasteiger partial charge on any atom is -0.431 e. The summed E-state index contributed by atoms with van der Waals surface area (Å²) in [4.78, 5) is 37.5. The Kier molecular flexibility index (Phi) is 4.44. The summed E-state index contributed by atoms with van der Waals surface area (Å²) >= 11 is 0. The number of alkyl halides is 1. The van der Waals surface area contributed by atoms with E-state index in [0.717, 1.165) is 24.6 Å². The number of aromatic nitrogens is 2. The number of aromatic amines is 1. The highest BCUT2D eigenvalue weighted by Gasteiger charge is 2.65. The van der Waals surface area contributed by atoms with Gasteiger partial charge in [-0.25, -0.2) is 14.0 Å². The zero-order valence-electron chi connectivity index (χ0n) is 14.6. The van der Waals surface area contributed by atoms with E-state index in [1.165, 1.54) is 20.8 Å². The lowest BCUT2D eigenvalue weighted by Gasteiger charge is -2.33. The van der Waals surface area contributed by atoms with E-state index in [0.29, 0.717) is 0 Å².